The molecular weight excluding hydrogens is 284 g/mol. The van der Waals surface area contributed by atoms with Crippen LogP contribution in [0.5, 0.6) is 0 Å². The smallest absolute Gasteiger partial charge is 0.283 e. The van der Waals surface area contributed by atoms with Crippen molar-refractivity contribution >= 4 is 15.9 Å². The molecule has 0 atom stereocenters. The lowest BCUT2D eigenvalue weighted by atomic mass is 10.1. The average molecular weight is 310 g/mol. The van der Waals surface area contributed by atoms with Crippen molar-refractivity contribution in [3.05, 3.63) is 29.8 Å². The monoisotopic (exact) mass is 310 g/mol. The molecule has 0 heterocycles. The molecular formula is C16H26N2O2S. The van der Waals surface area contributed by atoms with Gasteiger partial charge in [0.1, 0.15) is 5.84 Å². The number of sulfonamides is 1. The molecule has 0 saturated carbocycles. The minimum Gasteiger partial charge on any atom is -0.365 e. The first-order valence-electron chi connectivity index (χ1n) is 7.44. The maximum Gasteiger partial charge on any atom is 0.283 e. The number of amidine groups is 1. The lowest BCUT2D eigenvalue weighted by molar-refractivity contribution is 0.576. The van der Waals surface area contributed by atoms with Gasteiger partial charge in [-0.1, -0.05) is 43.9 Å². The molecule has 0 unspecified atom stereocenters. The molecule has 118 valence electrons. The van der Waals surface area contributed by atoms with Gasteiger partial charge in [0, 0.05) is 20.5 Å². The largest absolute Gasteiger partial charge is 0.365 e. The van der Waals surface area contributed by atoms with E-state index in [1.54, 1.807) is 29.2 Å². The number of unbranched alkanes of at least 4 members (excludes halogenated alkanes) is 3. The summed E-state index contributed by atoms with van der Waals surface area (Å²) in [5.41, 5.74) is 1.03. The van der Waals surface area contributed by atoms with Crippen LogP contribution in [-0.4, -0.2) is 33.2 Å². The van der Waals surface area contributed by atoms with Gasteiger partial charge in [-0.25, -0.2) is 0 Å². The molecule has 0 aliphatic carbocycles. The lowest BCUT2D eigenvalue weighted by Gasteiger charge is -2.15. The summed E-state index contributed by atoms with van der Waals surface area (Å²) in [5.74, 6) is 0.617. The normalized spacial score (nSPS) is 12.5. The standard InChI is InChI=1S/C16H26N2O2S/c1-5-6-7-8-9-16(18(3)4)17-21(19,20)15-12-10-14(2)11-13-15/h10-13H,5-9H2,1-4H3/b17-16+. The molecule has 0 aromatic heterocycles. The Hall–Kier alpha value is -1.36. The van der Waals surface area contributed by atoms with Crippen LogP contribution in [-0.2, 0) is 10.0 Å². The zero-order valence-electron chi connectivity index (χ0n) is 13.5. The molecule has 0 aliphatic rings. The van der Waals surface area contributed by atoms with Crippen molar-refractivity contribution in [3.8, 4) is 0 Å². The Bertz CT molecular complexity index is 560. The first-order valence-corrected chi connectivity index (χ1v) is 8.88. The maximum atomic E-state index is 12.3. The number of rotatable bonds is 7. The van der Waals surface area contributed by atoms with Gasteiger partial charge in [0.05, 0.1) is 4.90 Å². The fourth-order valence-corrected chi connectivity index (χ4v) is 3.08. The van der Waals surface area contributed by atoms with Crippen LogP contribution in [0.25, 0.3) is 0 Å². The van der Waals surface area contributed by atoms with Gasteiger partial charge in [-0.3, -0.25) is 0 Å². The van der Waals surface area contributed by atoms with E-state index in [4.69, 9.17) is 0 Å². The van der Waals surface area contributed by atoms with E-state index in [-0.39, 0.29) is 4.90 Å². The minimum absolute atomic E-state index is 0.251. The predicted octanol–water partition coefficient (Wildman–Crippen LogP) is 3.61. The molecule has 0 aliphatic heterocycles. The van der Waals surface area contributed by atoms with Gasteiger partial charge in [0.25, 0.3) is 10.0 Å². The van der Waals surface area contributed by atoms with E-state index in [2.05, 4.69) is 11.3 Å². The number of hydrogen-bond acceptors (Lipinski definition) is 2. The quantitative estimate of drug-likeness (QED) is 0.439. The Morgan fingerprint density at radius 3 is 2.24 bits per heavy atom. The van der Waals surface area contributed by atoms with Gasteiger partial charge in [-0.05, 0) is 25.5 Å². The highest BCUT2D eigenvalue weighted by Gasteiger charge is 2.15. The summed E-state index contributed by atoms with van der Waals surface area (Å²) in [6.07, 6.45) is 5.10. The second-order valence-electron chi connectivity index (χ2n) is 5.50. The van der Waals surface area contributed by atoms with Crippen molar-refractivity contribution in [2.24, 2.45) is 4.40 Å². The summed E-state index contributed by atoms with van der Waals surface area (Å²) in [6, 6.07) is 6.80. The highest BCUT2D eigenvalue weighted by Crippen LogP contribution is 2.15. The van der Waals surface area contributed by atoms with Gasteiger partial charge in [0.15, 0.2) is 0 Å². The second kappa shape index (κ2) is 8.17. The Kier molecular flexibility index (Phi) is 6.89. The molecule has 5 heteroatoms. The molecule has 21 heavy (non-hydrogen) atoms. The van der Waals surface area contributed by atoms with Crippen LogP contribution in [0.2, 0.25) is 0 Å². The summed E-state index contributed by atoms with van der Waals surface area (Å²) < 4.78 is 28.7. The Morgan fingerprint density at radius 2 is 1.71 bits per heavy atom. The first kappa shape index (κ1) is 17.7. The minimum atomic E-state index is -3.62. The van der Waals surface area contributed by atoms with Gasteiger partial charge in [-0.15, -0.1) is 4.40 Å². The SMILES string of the molecule is CCCCCC/C(=N\S(=O)(=O)c1ccc(C)cc1)N(C)C. The van der Waals surface area contributed by atoms with Crippen LogP contribution in [0.15, 0.2) is 33.6 Å². The molecule has 4 nitrogen and oxygen atoms in total. The molecule has 1 rings (SSSR count). The Balaban J connectivity index is 2.89. The van der Waals surface area contributed by atoms with Crippen molar-refractivity contribution in [2.45, 2.75) is 50.8 Å². The lowest BCUT2D eigenvalue weighted by Crippen LogP contribution is -2.23. The summed E-state index contributed by atoms with van der Waals surface area (Å²) in [6.45, 7) is 4.08. The molecule has 0 spiro atoms. The number of aryl methyl sites for hydroxylation is 1. The van der Waals surface area contributed by atoms with E-state index in [9.17, 15) is 8.42 Å². The van der Waals surface area contributed by atoms with Crippen molar-refractivity contribution in [1.29, 1.82) is 0 Å². The van der Waals surface area contributed by atoms with Crippen LogP contribution in [0.1, 0.15) is 44.6 Å². The van der Waals surface area contributed by atoms with Crippen LogP contribution >= 0.6 is 0 Å². The topological polar surface area (TPSA) is 49.7 Å². The number of hydrogen-bond donors (Lipinski definition) is 0. The third-order valence-electron chi connectivity index (χ3n) is 3.31. The molecule has 0 radical (unpaired) electrons. The molecule has 0 fully saturated rings. The molecule has 1 aromatic rings. The zero-order chi connectivity index (χ0) is 15.9. The number of nitrogens with zero attached hydrogens (tertiary/aromatic N) is 2. The van der Waals surface area contributed by atoms with Crippen LogP contribution in [0.4, 0.5) is 0 Å². The number of benzene rings is 1. The van der Waals surface area contributed by atoms with E-state index in [1.165, 1.54) is 6.42 Å². The summed E-state index contributed by atoms with van der Waals surface area (Å²) in [7, 11) is 0.0556. The summed E-state index contributed by atoms with van der Waals surface area (Å²) in [4.78, 5) is 2.04. The molecule has 0 saturated heterocycles. The molecule has 0 bridgehead atoms. The van der Waals surface area contributed by atoms with Crippen molar-refractivity contribution < 1.29 is 8.42 Å². The third kappa shape index (κ3) is 5.87. The van der Waals surface area contributed by atoms with Crippen LogP contribution in [0, 0.1) is 6.92 Å². The average Bonchev–Trinajstić information content (AvgIpc) is 2.42. The fraction of sp³-hybridized carbons (Fsp3) is 0.562. The van der Waals surface area contributed by atoms with E-state index < -0.39 is 10.0 Å². The Labute approximate surface area is 128 Å². The third-order valence-corrected chi connectivity index (χ3v) is 4.63. The highest BCUT2D eigenvalue weighted by molar-refractivity contribution is 7.90. The van der Waals surface area contributed by atoms with E-state index in [1.807, 2.05) is 21.0 Å². The maximum absolute atomic E-state index is 12.3. The summed E-state index contributed by atoms with van der Waals surface area (Å²) in [5, 5.41) is 0. The van der Waals surface area contributed by atoms with Crippen molar-refractivity contribution in [3.63, 3.8) is 0 Å². The molecule has 0 amide bonds. The first-order chi connectivity index (χ1) is 9.86. The highest BCUT2D eigenvalue weighted by atomic mass is 32.2. The van der Waals surface area contributed by atoms with Crippen LogP contribution in [0.3, 0.4) is 0 Å². The second-order valence-corrected chi connectivity index (χ2v) is 7.10. The van der Waals surface area contributed by atoms with Gasteiger partial charge in [-0.2, -0.15) is 8.42 Å². The molecule has 0 N–H and O–H groups in total. The van der Waals surface area contributed by atoms with Gasteiger partial charge in [0.2, 0.25) is 0 Å². The van der Waals surface area contributed by atoms with Gasteiger partial charge < -0.3 is 4.90 Å². The zero-order valence-corrected chi connectivity index (χ0v) is 14.3. The van der Waals surface area contributed by atoms with Crippen LogP contribution < -0.4 is 0 Å². The predicted molar refractivity (Wildman–Crippen MR) is 88.2 cm³/mol. The molecule has 1 aromatic carbocycles. The Morgan fingerprint density at radius 1 is 1.10 bits per heavy atom. The van der Waals surface area contributed by atoms with E-state index in [0.717, 1.165) is 24.8 Å². The van der Waals surface area contributed by atoms with E-state index >= 15 is 0 Å². The fourth-order valence-electron chi connectivity index (χ4n) is 1.96. The van der Waals surface area contributed by atoms with Crippen molar-refractivity contribution in [1.82, 2.24) is 4.90 Å². The van der Waals surface area contributed by atoms with Crippen molar-refractivity contribution in [2.75, 3.05) is 14.1 Å². The van der Waals surface area contributed by atoms with E-state index in [0.29, 0.717) is 12.3 Å². The van der Waals surface area contributed by atoms with Gasteiger partial charge >= 0.3 is 0 Å². The summed E-state index contributed by atoms with van der Waals surface area (Å²) >= 11 is 0.